The third-order valence-electron chi connectivity index (χ3n) is 2.58. The molecule has 17 heavy (non-hydrogen) atoms. The van der Waals surface area contributed by atoms with E-state index < -0.39 is 0 Å². The lowest BCUT2D eigenvalue weighted by atomic mass is 10.0. The van der Waals surface area contributed by atoms with Gasteiger partial charge in [-0.05, 0) is 32.6 Å². The lowest BCUT2D eigenvalue weighted by Crippen LogP contribution is -2.28. The second-order valence-electron chi connectivity index (χ2n) is 4.88. The van der Waals surface area contributed by atoms with Crippen LogP contribution in [0.1, 0.15) is 39.4 Å². The lowest BCUT2D eigenvalue weighted by Gasteiger charge is -2.14. The van der Waals surface area contributed by atoms with Crippen LogP contribution in [0.2, 0.25) is 0 Å². The summed E-state index contributed by atoms with van der Waals surface area (Å²) in [7, 11) is 0. The first-order chi connectivity index (χ1) is 8.08. The summed E-state index contributed by atoms with van der Waals surface area (Å²) in [5.41, 5.74) is 0. The molecule has 1 aromatic heterocycles. The fourth-order valence-electron chi connectivity index (χ4n) is 1.52. The lowest BCUT2D eigenvalue weighted by molar-refractivity contribution is 0.460. The van der Waals surface area contributed by atoms with Gasteiger partial charge >= 0.3 is 0 Å². The average Bonchev–Trinajstić information content (AvgIpc) is 2.68. The van der Waals surface area contributed by atoms with E-state index in [0.717, 1.165) is 29.2 Å². The van der Waals surface area contributed by atoms with E-state index in [1.54, 1.807) is 11.8 Å². The van der Waals surface area contributed by atoms with Crippen LogP contribution in [-0.2, 0) is 0 Å². The summed E-state index contributed by atoms with van der Waals surface area (Å²) in [4.78, 5) is 4.26. The highest BCUT2D eigenvalue weighted by Gasteiger charge is 2.04. The Morgan fingerprint density at radius 3 is 2.65 bits per heavy atom. The number of hydrogen-bond acceptors (Lipinski definition) is 4. The Morgan fingerprint density at radius 1 is 1.29 bits per heavy atom. The Labute approximate surface area is 108 Å². The van der Waals surface area contributed by atoms with Gasteiger partial charge in [-0.15, -0.1) is 5.10 Å². The van der Waals surface area contributed by atoms with Crippen LogP contribution in [0.4, 0.5) is 0 Å². The Balaban J connectivity index is 2.03. The van der Waals surface area contributed by atoms with Gasteiger partial charge in [0.15, 0.2) is 0 Å². The molecule has 0 saturated heterocycles. The number of thioether (sulfide) groups is 1. The van der Waals surface area contributed by atoms with Crippen molar-refractivity contribution in [2.24, 2.45) is 5.92 Å². The molecule has 1 heterocycles. The van der Waals surface area contributed by atoms with Gasteiger partial charge in [0, 0.05) is 18.3 Å². The molecular weight excluding hydrogens is 232 g/mol. The van der Waals surface area contributed by atoms with Crippen molar-refractivity contribution in [3.63, 3.8) is 0 Å². The van der Waals surface area contributed by atoms with Gasteiger partial charge in [-0.1, -0.05) is 25.6 Å². The van der Waals surface area contributed by atoms with Crippen LogP contribution in [0, 0.1) is 12.8 Å². The molecule has 5 heteroatoms. The van der Waals surface area contributed by atoms with Crippen molar-refractivity contribution in [1.82, 2.24) is 20.5 Å². The fraction of sp³-hybridized carbons (Fsp3) is 0.833. The number of nitrogens with zero attached hydrogens (tertiary/aromatic N) is 2. The molecule has 1 atom stereocenters. The van der Waals surface area contributed by atoms with Gasteiger partial charge in [-0.3, -0.25) is 5.10 Å². The first-order valence-electron chi connectivity index (χ1n) is 6.33. The summed E-state index contributed by atoms with van der Waals surface area (Å²) >= 11 is 1.69. The highest BCUT2D eigenvalue weighted by molar-refractivity contribution is 7.99. The first kappa shape index (κ1) is 14.5. The quantitative estimate of drug-likeness (QED) is 0.554. The minimum absolute atomic E-state index is 0.604. The Hall–Kier alpha value is -0.550. The standard InChI is InChI=1S/C12H24N4S/c1-9(2)5-6-10(3)13-7-8-17-12-14-11(4)15-16-12/h9-10,13H,5-8H2,1-4H3,(H,14,15,16). The van der Waals surface area contributed by atoms with E-state index in [0.29, 0.717) is 6.04 Å². The second kappa shape index (κ2) is 7.71. The number of H-pyrrole nitrogens is 1. The third-order valence-corrected chi connectivity index (χ3v) is 3.43. The van der Waals surface area contributed by atoms with E-state index in [2.05, 4.69) is 41.3 Å². The topological polar surface area (TPSA) is 53.6 Å². The van der Waals surface area contributed by atoms with E-state index in [9.17, 15) is 0 Å². The summed E-state index contributed by atoms with van der Waals surface area (Å²) in [6, 6.07) is 0.604. The highest BCUT2D eigenvalue weighted by atomic mass is 32.2. The van der Waals surface area contributed by atoms with Crippen LogP contribution in [0.25, 0.3) is 0 Å². The number of aromatic nitrogens is 3. The fourth-order valence-corrected chi connectivity index (χ4v) is 2.23. The molecule has 1 unspecified atom stereocenters. The van der Waals surface area contributed by atoms with Gasteiger partial charge < -0.3 is 5.32 Å². The van der Waals surface area contributed by atoms with E-state index >= 15 is 0 Å². The first-order valence-corrected chi connectivity index (χ1v) is 7.31. The molecule has 0 aromatic carbocycles. The maximum absolute atomic E-state index is 4.26. The van der Waals surface area contributed by atoms with Crippen molar-refractivity contribution < 1.29 is 0 Å². The SMILES string of the molecule is Cc1nc(SCCNC(C)CCC(C)C)n[nH]1. The van der Waals surface area contributed by atoms with E-state index in [1.165, 1.54) is 12.8 Å². The zero-order chi connectivity index (χ0) is 12.7. The minimum Gasteiger partial charge on any atom is -0.313 e. The predicted molar refractivity (Wildman–Crippen MR) is 73.4 cm³/mol. The third kappa shape index (κ3) is 6.68. The van der Waals surface area contributed by atoms with Crippen molar-refractivity contribution in [3.8, 4) is 0 Å². The summed E-state index contributed by atoms with van der Waals surface area (Å²) in [6.07, 6.45) is 2.55. The normalized spacial score (nSPS) is 13.2. The summed E-state index contributed by atoms with van der Waals surface area (Å²) in [5.74, 6) is 2.69. The van der Waals surface area contributed by atoms with Gasteiger partial charge in [0.1, 0.15) is 5.82 Å². The average molecular weight is 256 g/mol. The molecule has 98 valence electrons. The van der Waals surface area contributed by atoms with E-state index in [1.807, 2.05) is 6.92 Å². The molecular formula is C12H24N4S. The Bertz CT molecular complexity index is 311. The van der Waals surface area contributed by atoms with Crippen molar-refractivity contribution in [2.75, 3.05) is 12.3 Å². The van der Waals surface area contributed by atoms with Crippen LogP contribution in [0.15, 0.2) is 5.16 Å². The van der Waals surface area contributed by atoms with Crippen LogP contribution < -0.4 is 5.32 Å². The highest BCUT2D eigenvalue weighted by Crippen LogP contribution is 2.11. The Morgan fingerprint density at radius 2 is 2.06 bits per heavy atom. The van der Waals surface area contributed by atoms with E-state index in [-0.39, 0.29) is 0 Å². The van der Waals surface area contributed by atoms with Gasteiger partial charge in [0.05, 0.1) is 0 Å². The van der Waals surface area contributed by atoms with Crippen LogP contribution >= 0.6 is 11.8 Å². The van der Waals surface area contributed by atoms with Gasteiger partial charge in [0.2, 0.25) is 5.16 Å². The second-order valence-corrected chi connectivity index (χ2v) is 5.94. The van der Waals surface area contributed by atoms with Crippen molar-refractivity contribution in [2.45, 2.75) is 51.7 Å². The molecule has 0 aliphatic carbocycles. The van der Waals surface area contributed by atoms with Crippen molar-refractivity contribution in [3.05, 3.63) is 5.82 Å². The van der Waals surface area contributed by atoms with Crippen molar-refractivity contribution in [1.29, 1.82) is 0 Å². The molecule has 0 radical (unpaired) electrons. The number of aryl methyl sites for hydroxylation is 1. The van der Waals surface area contributed by atoms with Crippen LogP contribution in [0.3, 0.4) is 0 Å². The molecule has 1 rings (SSSR count). The Kier molecular flexibility index (Phi) is 6.58. The molecule has 0 spiro atoms. The predicted octanol–water partition coefficient (Wildman–Crippen LogP) is 2.62. The zero-order valence-electron chi connectivity index (χ0n) is 11.3. The van der Waals surface area contributed by atoms with Crippen LogP contribution in [0.5, 0.6) is 0 Å². The smallest absolute Gasteiger partial charge is 0.208 e. The number of nitrogens with one attached hydrogen (secondary N) is 2. The largest absolute Gasteiger partial charge is 0.313 e. The monoisotopic (exact) mass is 256 g/mol. The van der Waals surface area contributed by atoms with Gasteiger partial charge in [-0.25, -0.2) is 4.98 Å². The molecule has 0 bridgehead atoms. The molecule has 0 saturated carbocycles. The minimum atomic E-state index is 0.604. The molecule has 4 nitrogen and oxygen atoms in total. The summed E-state index contributed by atoms with van der Waals surface area (Å²) < 4.78 is 0. The number of rotatable bonds is 8. The van der Waals surface area contributed by atoms with Gasteiger partial charge in [-0.2, -0.15) is 0 Å². The molecule has 0 amide bonds. The maximum Gasteiger partial charge on any atom is 0.208 e. The van der Waals surface area contributed by atoms with Crippen molar-refractivity contribution >= 4 is 11.8 Å². The van der Waals surface area contributed by atoms with E-state index in [4.69, 9.17) is 0 Å². The van der Waals surface area contributed by atoms with Crippen LogP contribution in [-0.4, -0.2) is 33.5 Å². The molecule has 0 aliphatic rings. The van der Waals surface area contributed by atoms with Gasteiger partial charge in [0.25, 0.3) is 0 Å². The zero-order valence-corrected chi connectivity index (χ0v) is 12.1. The summed E-state index contributed by atoms with van der Waals surface area (Å²) in [6.45, 7) is 9.73. The molecule has 0 aliphatic heterocycles. The molecule has 0 fully saturated rings. The molecule has 1 aromatic rings. The number of hydrogen-bond donors (Lipinski definition) is 2. The molecule has 2 N–H and O–H groups in total. The summed E-state index contributed by atoms with van der Waals surface area (Å²) in [5, 5.41) is 11.3. The maximum atomic E-state index is 4.26. The number of aromatic amines is 1.